The second-order valence-corrected chi connectivity index (χ2v) is 8.86. The third-order valence-corrected chi connectivity index (χ3v) is 5.19. The van der Waals surface area contributed by atoms with Gasteiger partial charge in [0.05, 0.1) is 6.61 Å². The van der Waals surface area contributed by atoms with E-state index in [0.717, 1.165) is 28.0 Å². The van der Waals surface area contributed by atoms with Crippen molar-refractivity contribution in [3.8, 4) is 5.75 Å². The van der Waals surface area contributed by atoms with Crippen LogP contribution >= 0.6 is 12.1 Å². The maximum Gasteiger partial charge on any atom is 0.340 e. The van der Waals surface area contributed by atoms with E-state index in [0.29, 0.717) is 30.1 Å². The van der Waals surface area contributed by atoms with E-state index in [1.165, 1.54) is 12.1 Å². The van der Waals surface area contributed by atoms with Gasteiger partial charge in [-0.25, -0.2) is 9.10 Å². The molecule has 0 saturated carbocycles. The predicted octanol–water partition coefficient (Wildman–Crippen LogP) is 5.26. The highest BCUT2D eigenvalue weighted by Crippen LogP contribution is 2.26. The van der Waals surface area contributed by atoms with Crippen molar-refractivity contribution in [2.75, 3.05) is 25.4 Å². The number of nitrogens with one attached hydrogen (secondary N) is 1. The zero-order valence-corrected chi connectivity index (χ0v) is 18.4. The van der Waals surface area contributed by atoms with Crippen LogP contribution in [-0.4, -0.2) is 25.0 Å². The van der Waals surface area contributed by atoms with Crippen molar-refractivity contribution < 1.29 is 9.15 Å². The van der Waals surface area contributed by atoms with E-state index in [1.54, 1.807) is 6.07 Å². The SMILES string of the molecule is Cc1c(Cc2cccc(NSN(C)C)c2)c(=O)oc2cc(OCC(C)C)ccc12. The van der Waals surface area contributed by atoms with E-state index < -0.39 is 0 Å². The molecule has 0 radical (unpaired) electrons. The summed E-state index contributed by atoms with van der Waals surface area (Å²) in [5.74, 6) is 1.15. The zero-order valence-electron chi connectivity index (χ0n) is 17.6. The van der Waals surface area contributed by atoms with Crippen molar-refractivity contribution in [3.05, 3.63) is 69.6 Å². The van der Waals surface area contributed by atoms with Gasteiger partial charge in [-0.15, -0.1) is 0 Å². The lowest BCUT2D eigenvalue weighted by atomic mass is 9.99. The number of aryl methyl sites for hydroxylation is 1. The largest absolute Gasteiger partial charge is 0.493 e. The maximum absolute atomic E-state index is 12.7. The highest BCUT2D eigenvalue weighted by Gasteiger charge is 2.13. The number of hydrogen-bond donors (Lipinski definition) is 1. The number of hydrogen-bond acceptors (Lipinski definition) is 6. The van der Waals surface area contributed by atoms with E-state index in [2.05, 4.69) is 24.6 Å². The molecule has 3 aromatic rings. The van der Waals surface area contributed by atoms with Crippen LogP contribution in [-0.2, 0) is 6.42 Å². The van der Waals surface area contributed by atoms with Gasteiger partial charge >= 0.3 is 5.63 Å². The Bertz CT molecular complexity index is 1040. The molecule has 6 heteroatoms. The number of anilines is 1. The Hall–Kier alpha value is -2.44. The van der Waals surface area contributed by atoms with Crippen LogP contribution in [0.3, 0.4) is 0 Å². The van der Waals surface area contributed by atoms with Gasteiger partial charge in [0, 0.05) is 41.3 Å². The average molecular weight is 413 g/mol. The van der Waals surface area contributed by atoms with E-state index in [9.17, 15) is 4.79 Å². The number of fused-ring (bicyclic) bond motifs is 1. The Morgan fingerprint density at radius 2 is 1.97 bits per heavy atom. The highest BCUT2D eigenvalue weighted by molar-refractivity contribution is 7.98. The number of nitrogens with zero attached hydrogens (tertiary/aromatic N) is 1. The van der Waals surface area contributed by atoms with Gasteiger partial charge in [-0.2, -0.15) is 0 Å². The Labute approximate surface area is 176 Å². The van der Waals surface area contributed by atoms with Gasteiger partial charge in [-0.3, -0.25) is 0 Å². The van der Waals surface area contributed by atoms with Gasteiger partial charge in [0.2, 0.25) is 0 Å². The Kier molecular flexibility index (Phi) is 6.87. The first-order valence-electron chi connectivity index (χ1n) is 9.72. The van der Waals surface area contributed by atoms with Gasteiger partial charge in [0.1, 0.15) is 11.3 Å². The van der Waals surface area contributed by atoms with Crippen molar-refractivity contribution in [1.82, 2.24) is 4.31 Å². The minimum absolute atomic E-state index is 0.294. The fourth-order valence-electron chi connectivity index (χ4n) is 3.02. The molecule has 0 aliphatic heterocycles. The molecule has 0 bridgehead atoms. The lowest BCUT2D eigenvalue weighted by molar-refractivity contribution is 0.271. The van der Waals surface area contributed by atoms with Crippen molar-refractivity contribution in [2.24, 2.45) is 5.92 Å². The van der Waals surface area contributed by atoms with Gasteiger partial charge in [-0.05, 0) is 62.3 Å². The van der Waals surface area contributed by atoms with E-state index in [1.807, 2.05) is 55.7 Å². The van der Waals surface area contributed by atoms with Gasteiger partial charge in [0.25, 0.3) is 0 Å². The summed E-state index contributed by atoms with van der Waals surface area (Å²) in [5.41, 5.74) is 3.96. The van der Waals surface area contributed by atoms with Crippen molar-refractivity contribution in [1.29, 1.82) is 0 Å². The molecule has 0 fully saturated rings. The van der Waals surface area contributed by atoms with Crippen molar-refractivity contribution in [2.45, 2.75) is 27.2 Å². The van der Waals surface area contributed by atoms with Crippen LogP contribution in [0.5, 0.6) is 5.75 Å². The monoisotopic (exact) mass is 412 g/mol. The van der Waals surface area contributed by atoms with E-state index in [-0.39, 0.29) is 5.63 Å². The summed E-state index contributed by atoms with van der Waals surface area (Å²) in [6.07, 6.45) is 0.526. The smallest absolute Gasteiger partial charge is 0.340 e. The molecule has 0 atom stereocenters. The fraction of sp³-hybridized carbons (Fsp3) is 0.348. The Morgan fingerprint density at radius 1 is 1.17 bits per heavy atom. The molecular weight excluding hydrogens is 384 g/mol. The van der Waals surface area contributed by atoms with Gasteiger partial charge < -0.3 is 13.9 Å². The first-order valence-corrected chi connectivity index (χ1v) is 10.5. The quantitative estimate of drug-likeness (QED) is 0.402. The molecule has 3 rings (SSSR count). The normalized spacial score (nSPS) is 11.4. The number of ether oxygens (including phenoxy) is 1. The van der Waals surface area contributed by atoms with Crippen molar-refractivity contribution >= 4 is 28.8 Å². The molecular formula is C23H28N2O3S. The molecule has 29 heavy (non-hydrogen) atoms. The molecule has 1 aromatic heterocycles. The summed E-state index contributed by atoms with van der Waals surface area (Å²) >= 11 is 1.51. The third-order valence-electron chi connectivity index (χ3n) is 4.50. The van der Waals surface area contributed by atoms with Crippen LogP contribution in [0, 0.1) is 12.8 Å². The third kappa shape index (κ3) is 5.55. The zero-order chi connectivity index (χ0) is 21.0. The highest BCUT2D eigenvalue weighted by atomic mass is 32.2. The second-order valence-electron chi connectivity index (χ2n) is 7.74. The minimum atomic E-state index is -0.294. The molecule has 0 unspecified atom stereocenters. The summed E-state index contributed by atoms with van der Waals surface area (Å²) in [4.78, 5) is 12.7. The topological polar surface area (TPSA) is 54.7 Å². The van der Waals surface area contributed by atoms with Gasteiger partial charge in [0.15, 0.2) is 0 Å². The minimum Gasteiger partial charge on any atom is -0.493 e. The second kappa shape index (κ2) is 9.37. The molecule has 5 nitrogen and oxygen atoms in total. The summed E-state index contributed by atoms with van der Waals surface area (Å²) < 4.78 is 16.7. The van der Waals surface area contributed by atoms with Crippen LogP contribution < -0.4 is 15.1 Å². The molecule has 154 valence electrons. The molecule has 1 N–H and O–H groups in total. The first-order chi connectivity index (χ1) is 13.8. The summed E-state index contributed by atoms with van der Waals surface area (Å²) in [5, 5.41) is 0.939. The summed E-state index contributed by atoms with van der Waals surface area (Å²) in [7, 11) is 3.95. The van der Waals surface area contributed by atoms with Crippen LogP contribution in [0.25, 0.3) is 11.0 Å². The molecule has 0 aliphatic rings. The van der Waals surface area contributed by atoms with Crippen molar-refractivity contribution in [3.63, 3.8) is 0 Å². The lowest BCUT2D eigenvalue weighted by Crippen LogP contribution is -2.11. The molecule has 0 saturated heterocycles. The van der Waals surface area contributed by atoms with Gasteiger partial charge in [-0.1, -0.05) is 26.0 Å². The number of benzene rings is 2. The fourth-order valence-corrected chi connectivity index (χ4v) is 3.44. The maximum atomic E-state index is 12.7. The molecule has 1 heterocycles. The van der Waals surface area contributed by atoms with E-state index in [4.69, 9.17) is 9.15 Å². The average Bonchev–Trinajstić information content (AvgIpc) is 2.68. The Morgan fingerprint density at radius 3 is 2.69 bits per heavy atom. The predicted molar refractivity (Wildman–Crippen MR) is 122 cm³/mol. The molecule has 0 spiro atoms. The van der Waals surface area contributed by atoms with Crippen LogP contribution in [0.2, 0.25) is 0 Å². The summed E-state index contributed by atoms with van der Waals surface area (Å²) in [6, 6.07) is 13.8. The van der Waals surface area contributed by atoms with Crippen LogP contribution in [0.1, 0.15) is 30.5 Å². The number of rotatable bonds is 8. The molecule has 0 aliphatic carbocycles. The van der Waals surface area contributed by atoms with E-state index >= 15 is 0 Å². The molecule has 2 aromatic carbocycles. The lowest BCUT2D eigenvalue weighted by Gasteiger charge is -2.13. The Balaban J connectivity index is 1.87. The van der Waals surface area contributed by atoms with Crippen LogP contribution in [0.4, 0.5) is 5.69 Å². The summed E-state index contributed by atoms with van der Waals surface area (Å²) in [6.45, 7) is 6.80. The standard InChI is InChI=1S/C23H28N2O3S/c1-15(2)14-27-19-9-10-20-16(3)21(23(26)28-22(20)13-19)12-17-7-6-8-18(11-17)24-29-25(4)5/h6-11,13,15,24H,12,14H2,1-5H3. The first kappa shape index (κ1) is 21.3. The molecule has 0 amide bonds. The van der Waals surface area contributed by atoms with Crippen LogP contribution in [0.15, 0.2) is 51.7 Å².